The molecule has 0 radical (unpaired) electrons. The van der Waals surface area contributed by atoms with Crippen molar-refractivity contribution in [3.05, 3.63) is 87.9 Å². The van der Waals surface area contributed by atoms with Gasteiger partial charge in [-0.05, 0) is 66.8 Å². The van der Waals surface area contributed by atoms with Crippen LogP contribution in [0, 0.1) is 13.8 Å². The number of amides is 1. The van der Waals surface area contributed by atoms with Crippen LogP contribution in [0.4, 0.5) is 5.82 Å². The third kappa shape index (κ3) is 3.59. The molecular weight excluding hydrogens is 410 g/mol. The summed E-state index contributed by atoms with van der Waals surface area (Å²) in [6.45, 7) is 7.18. The molecule has 0 aliphatic carbocycles. The van der Waals surface area contributed by atoms with Crippen LogP contribution < -0.4 is 4.90 Å². The van der Waals surface area contributed by atoms with Crippen LogP contribution in [0.1, 0.15) is 45.5 Å². The largest absolute Gasteiger partial charge is 0.354 e. The zero-order chi connectivity index (χ0) is 22.5. The number of hydrogen-bond donors (Lipinski definition) is 0. The molecule has 6 nitrogen and oxygen atoms in total. The summed E-state index contributed by atoms with van der Waals surface area (Å²) in [6, 6.07) is 13.0. The van der Waals surface area contributed by atoms with Gasteiger partial charge in [0, 0.05) is 48.8 Å². The van der Waals surface area contributed by atoms with E-state index in [0.29, 0.717) is 19.5 Å². The number of carbonyl (C=O) groups is 1. The van der Waals surface area contributed by atoms with Crippen molar-refractivity contribution in [1.82, 2.24) is 14.9 Å². The first-order valence-electron chi connectivity index (χ1n) is 11.6. The molecule has 3 aliphatic heterocycles. The summed E-state index contributed by atoms with van der Waals surface area (Å²) in [5.41, 5.74) is 9.14. The molecule has 0 unspecified atom stereocenters. The Morgan fingerprint density at radius 1 is 1.00 bits per heavy atom. The fourth-order valence-electron chi connectivity index (χ4n) is 5.31. The van der Waals surface area contributed by atoms with Crippen LogP contribution in [-0.4, -0.2) is 45.6 Å². The van der Waals surface area contributed by atoms with Crippen molar-refractivity contribution < 1.29 is 4.79 Å². The standard InChI is InChI=1S/C27H27N5O/c1-17-3-4-25(29-13-17)31-8-6-23(16-31)32-15-22-11-24-21(10-20(22)12-26(32)33)14-30-27(24)19-5-7-28-18(2)9-19/h3-5,7,9-11,13,23H,6,8,12,14-16H2,1-2H3/t23-/m1/s1. The second-order valence-corrected chi connectivity index (χ2v) is 9.41. The van der Waals surface area contributed by atoms with Crippen molar-refractivity contribution in [2.45, 2.75) is 45.8 Å². The Morgan fingerprint density at radius 2 is 1.91 bits per heavy atom. The third-order valence-electron chi connectivity index (χ3n) is 7.08. The molecule has 6 rings (SSSR count). The highest BCUT2D eigenvalue weighted by molar-refractivity contribution is 6.15. The van der Waals surface area contributed by atoms with E-state index in [1.165, 1.54) is 16.7 Å². The molecular formula is C27H27N5O. The van der Waals surface area contributed by atoms with Crippen LogP contribution in [0.5, 0.6) is 0 Å². The number of nitrogens with zero attached hydrogens (tertiary/aromatic N) is 5. The highest BCUT2D eigenvalue weighted by Crippen LogP contribution is 2.32. The summed E-state index contributed by atoms with van der Waals surface area (Å²) in [6.07, 6.45) is 5.21. The second-order valence-electron chi connectivity index (χ2n) is 9.41. The van der Waals surface area contributed by atoms with Gasteiger partial charge >= 0.3 is 0 Å². The van der Waals surface area contributed by atoms with Gasteiger partial charge < -0.3 is 9.80 Å². The molecule has 0 saturated carbocycles. The molecule has 3 aliphatic rings. The van der Waals surface area contributed by atoms with Crippen LogP contribution in [0.25, 0.3) is 0 Å². The molecule has 166 valence electrons. The highest BCUT2D eigenvalue weighted by Gasteiger charge is 2.35. The Bertz CT molecular complexity index is 1280. The summed E-state index contributed by atoms with van der Waals surface area (Å²) in [7, 11) is 0. The monoisotopic (exact) mass is 437 g/mol. The maximum absolute atomic E-state index is 13.1. The molecule has 1 fully saturated rings. The van der Waals surface area contributed by atoms with Crippen LogP contribution in [-0.2, 0) is 24.3 Å². The molecule has 1 atom stereocenters. The molecule has 1 amide bonds. The van der Waals surface area contributed by atoms with Crippen molar-refractivity contribution in [3.8, 4) is 0 Å². The third-order valence-corrected chi connectivity index (χ3v) is 7.08. The number of fused-ring (bicyclic) bond motifs is 2. The predicted molar refractivity (Wildman–Crippen MR) is 129 cm³/mol. The molecule has 1 aromatic carbocycles. The predicted octanol–water partition coefficient (Wildman–Crippen LogP) is 3.61. The van der Waals surface area contributed by atoms with Crippen molar-refractivity contribution >= 4 is 17.4 Å². The second kappa shape index (κ2) is 7.80. The van der Waals surface area contributed by atoms with E-state index in [4.69, 9.17) is 4.99 Å². The normalized spacial score (nSPS) is 19.5. The van der Waals surface area contributed by atoms with E-state index < -0.39 is 0 Å². The lowest BCUT2D eigenvalue weighted by Gasteiger charge is -2.34. The molecule has 6 heteroatoms. The zero-order valence-electron chi connectivity index (χ0n) is 19.1. The summed E-state index contributed by atoms with van der Waals surface area (Å²) in [5, 5.41) is 0. The maximum atomic E-state index is 13.1. The summed E-state index contributed by atoms with van der Waals surface area (Å²) in [4.78, 5) is 31.2. The van der Waals surface area contributed by atoms with E-state index in [0.717, 1.165) is 53.4 Å². The average Bonchev–Trinajstić information content (AvgIpc) is 3.45. The zero-order valence-corrected chi connectivity index (χ0v) is 19.1. The lowest BCUT2D eigenvalue weighted by Crippen LogP contribution is -2.45. The molecule has 5 heterocycles. The number of rotatable bonds is 3. The Hall–Kier alpha value is -3.54. The number of benzene rings is 1. The van der Waals surface area contributed by atoms with Crippen molar-refractivity contribution in [2.24, 2.45) is 4.99 Å². The van der Waals surface area contributed by atoms with E-state index in [-0.39, 0.29) is 11.9 Å². The fraction of sp³-hybridized carbons (Fsp3) is 0.333. The van der Waals surface area contributed by atoms with Crippen LogP contribution in [0.15, 0.2) is 53.8 Å². The number of hydrogen-bond acceptors (Lipinski definition) is 5. The van der Waals surface area contributed by atoms with Crippen molar-refractivity contribution in [2.75, 3.05) is 18.0 Å². The minimum Gasteiger partial charge on any atom is -0.354 e. The first-order valence-corrected chi connectivity index (χ1v) is 11.6. The first kappa shape index (κ1) is 20.1. The minimum absolute atomic E-state index is 0.220. The number of aromatic nitrogens is 2. The molecule has 3 aromatic rings. The molecule has 1 saturated heterocycles. The number of anilines is 1. The van der Waals surface area contributed by atoms with Gasteiger partial charge in [-0.25, -0.2) is 4.98 Å². The number of aryl methyl sites for hydroxylation is 2. The fourth-order valence-corrected chi connectivity index (χ4v) is 5.31. The van der Waals surface area contributed by atoms with E-state index in [9.17, 15) is 4.79 Å². The number of pyridine rings is 2. The van der Waals surface area contributed by atoms with Crippen LogP contribution >= 0.6 is 0 Å². The number of aliphatic imine (C=N–C) groups is 1. The first-order chi connectivity index (χ1) is 16.0. The smallest absolute Gasteiger partial charge is 0.227 e. The van der Waals surface area contributed by atoms with E-state index in [1.54, 1.807) is 0 Å². The molecule has 0 bridgehead atoms. The van der Waals surface area contributed by atoms with Crippen LogP contribution in [0.3, 0.4) is 0 Å². The van der Waals surface area contributed by atoms with Gasteiger partial charge in [-0.15, -0.1) is 0 Å². The van der Waals surface area contributed by atoms with E-state index in [2.05, 4.69) is 57.0 Å². The quantitative estimate of drug-likeness (QED) is 0.628. The van der Waals surface area contributed by atoms with Crippen LogP contribution in [0.2, 0.25) is 0 Å². The highest BCUT2D eigenvalue weighted by atomic mass is 16.2. The minimum atomic E-state index is 0.220. The Morgan fingerprint density at radius 3 is 2.73 bits per heavy atom. The Balaban J connectivity index is 1.25. The van der Waals surface area contributed by atoms with Gasteiger partial charge in [0.1, 0.15) is 5.82 Å². The van der Waals surface area contributed by atoms with Gasteiger partial charge in [-0.1, -0.05) is 12.1 Å². The van der Waals surface area contributed by atoms with Gasteiger partial charge in [-0.3, -0.25) is 14.8 Å². The summed E-state index contributed by atoms with van der Waals surface area (Å²) in [5.74, 6) is 1.23. The van der Waals surface area contributed by atoms with Gasteiger partial charge in [0.2, 0.25) is 5.91 Å². The SMILES string of the molecule is Cc1ccc(N2CC[C@@H](N3Cc4cc5c(cc4CC3=O)CN=C5c3ccnc(C)c3)C2)nc1. The average molecular weight is 438 g/mol. The lowest BCUT2D eigenvalue weighted by atomic mass is 9.90. The van der Waals surface area contributed by atoms with Gasteiger partial charge in [-0.2, -0.15) is 0 Å². The lowest BCUT2D eigenvalue weighted by molar-refractivity contribution is -0.134. The summed E-state index contributed by atoms with van der Waals surface area (Å²) >= 11 is 0. The summed E-state index contributed by atoms with van der Waals surface area (Å²) < 4.78 is 0. The Kier molecular flexibility index (Phi) is 4.75. The van der Waals surface area contributed by atoms with Crippen molar-refractivity contribution in [3.63, 3.8) is 0 Å². The maximum Gasteiger partial charge on any atom is 0.227 e. The Labute approximate surface area is 194 Å². The van der Waals surface area contributed by atoms with E-state index in [1.807, 2.05) is 25.4 Å². The van der Waals surface area contributed by atoms with Gasteiger partial charge in [0.25, 0.3) is 0 Å². The van der Waals surface area contributed by atoms with Crippen molar-refractivity contribution in [1.29, 1.82) is 0 Å². The molecule has 33 heavy (non-hydrogen) atoms. The number of carbonyl (C=O) groups excluding carboxylic acids is 1. The molecule has 2 aromatic heterocycles. The van der Waals surface area contributed by atoms with Gasteiger partial charge in [0.15, 0.2) is 0 Å². The molecule has 0 spiro atoms. The van der Waals surface area contributed by atoms with E-state index >= 15 is 0 Å². The van der Waals surface area contributed by atoms with Gasteiger partial charge in [0.05, 0.1) is 24.7 Å². The topological polar surface area (TPSA) is 61.7 Å². The molecule has 0 N–H and O–H groups in total.